The molecule has 0 aliphatic heterocycles. The molecule has 3 aromatic carbocycles. The zero-order valence-corrected chi connectivity index (χ0v) is 15.0. The second-order valence-corrected chi connectivity index (χ2v) is 6.55. The lowest BCUT2D eigenvalue weighted by atomic mass is 9.90. The molecule has 0 unspecified atom stereocenters. The van der Waals surface area contributed by atoms with E-state index in [1.807, 2.05) is 55.6 Å². The predicted octanol–water partition coefficient (Wildman–Crippen LogP) is 4.29. The van der Waals surface area contributed by atoms with Crippen LogP contribution in [0.4, 0.5) is 0 Å². The van der Waals surface area contributed by atoms with E-state index < -0.39 is 5.91 Å². The summed E-state index contributed by atoms with van der Waals surface area (Å²) in [5.74, 6) is 0.332. The zero-order chi connectivity index (χ0) is 18.8. The van der Waals surface area contributed by atoms with E-state index in [4.69, 9.17) is 5.73 Å². The molecule has 1 amide bonds. The highest BCUT2D eigenvalue weighted by Crippen LogP contribution is 2.30. The number of benzene rings is 3. The van der Waals surface area contributed by atoms with Gasteiger partial charge in [-0.2, -0.15) is 0 Å². The first kappa shape index (κ1) is 16.9. The van der Waals surface area contributed by atoms with Gasteiger partial charge in [0.2, 0.25) is 5.91 Å². The third-order valence-corrected chi connectivity index (χ3v) is 4.68. The summed E-state index contributed by atoms with van der Waals surface area (Å²) in [4.78, 5) is 20.8. The van der Waals surface area contributed by atoms with E-state index in [0.29, 0.717) is 12.0 Å². The highest BCUT2D eigenvalue weighted by molar-refractivity contribution is 5.97. The summed E-state index contributed by atoms with van der Waals surface area (Å²) in [6, 6.07) is 21.9. The second-order valence-electron chi connectivity index (χ2n) is 6.55. The van der Waals surface area contributed by atoms with Gasteiger partial charge in [0.25, 0.3) is 0 Å². The Labute approximate surface area is 157 Å². The van der Waals surface area contributed by atoms with E-state index in [1.165, 1.54) is 0 Å². The number of aromatic nitrogens is 2. The Kier molecular flexibility index (Phi) is 4.38. The number of amides is 1. The topological polar surface area (TPSA) is 68.9 Å². The van der Waals surface area contributed by atoms with Crippen LogP contribution in [0.2, 0.25) is 0 Å². The van der Waals surface area contributed by atoms with Crippen LogP contribution in [0.3, 0.4) is 0 Å². The monoisotopic (exact) mass is 353 g/mol. The van der Waals surface area contributed by atoms with Crippen molar-refractivity contribution >= 4 is 16.8 Å². The number of aryl methyl sites for hydroxylation is 1. The number of primary amides is 1. The minimum Gasteiger partial charge on any atom is -0.366 e. The van der Waals surface area contributed by atoms with Crippen molar-refractivity contribution in [2.75, 3.05) is 0 Å². The molecule has 0 aliphatic rings. The Hall–Kier alpha value is -3.53. The molecule has 4 rings (SSSR count). The first-order valence-corrected chi connectivity index (χ1v) is 8.81. The molecule has 4 nitrogen and oxygen atoms in total. The quantitative estimate of drug-likeness (QED) is 0.595. The highest BCUT2D eigenvalue weighted by Gasteiger charge is 2.15. The molecule has 0 saturated heterocycles. The maximum absolute atomic E-state index is 12.0. The molecule has 1 heterocycles. The number of hydrogen-bond acceptors (Lipinski definition) is 3. The fourth-order valence-electron chi connectivity index (χ4n) is 3.37. The number of carbonyl (C=O) groups is 1. The van der Waals surface area contributed by atoms with Gasteiger partial charge in [-0.1, -0.05) is 48.5 Å². The Bertz CT molecular complexity index is 1140. The largest absolute Gasteiger partial charge is 0.366 e. The molecule has 0 bridgehead atoms. The van der Waals surface area contributed by atoms with Gasteiger partial charge in [-0.15, -0.1) is 0 Å². The molecule has 0 atom stereocenters. The van der Waals surface area contributed by atoms with Gasteiger partial charge in [-0.3, -0.25) is 4.79 Å². The molecular weight excluding hydrogens is 334 g/mol. The lowest BCUT2D eigenvalue weighted by Crippen LogP contribution is -2.14. The molecule has 2 N–H and O–H groups in total. The van der Waals surface area contributed by atoms with Crippen LogP contribution in [0.25, 0.3) is 22.0 Å². The summed E-state index contributed by atoms with van der Waals surface area (Å²) in [6.45, 7) is 1.88. The Balaban J connectivity index is 1.88. The Morgan fingerprint density at radius 1 is 1.00 bits per heavy atom. The van der Waals surface area contributed by atoms with Crippen molar-refractivity contribution < 1.29 is 4.79 Å². The van der Waals surface area contributed by atoms with Gasteiger partial charge < -0.3 is 5.73 Å². The minimum atomic E-state index is -0.414. The van der Waals surface area contributed by atoms with Gasteiger partial charge in [0.05, 0.1) is 5.52 Å². The normalized spacial score (nSPS) is 10.9. The van der Waals surface area contributed by atoms with Crippen molar-refractivity contribution in [3.63, 3.8) is 0 Å². The van der Waals surface area contributed by atoms with E-state index in [2.05, 4.69) is 28.2 Å². The van der Waals surface area contributed by atoms with Crippen LogP contribution in [-0.4, -0.2) is 15.9 Å². The standard InChI is InChI=1S/C23H19N3O/c1-15-25-14-18-13-17(10-11-22(18)26-15)19-8-5-9-20(23(24)27)21(19)12-16-6-3-2-4-7-16/h2-11,13-14H,12H2,1H3,(H2,24,27). The van der Waals surface area contributed by atoms with E-state index >= 15 is 0 Å². The van der Waals surface area contributed by atoms with Crippen molar-refractivity contribution in [3.8, 4) is 11.1 Å². The average Bonchev–Trinajstić information content (AvgIpc) is 2.68. The summed E-state index contributed by atoms with van der Waals surface area (Å²) in [7, 11) is 0. The summed E-state index contributed by atoms with van der Waals surface area (Å²) in [6.07, 6.45) is 2.47. The summed E-state index contributed by atoms with van der Waals surface area (Å²) >= 11 is 0. The predicted molar refractivity (Wildman–Crippen MR) is 107 cm³/mol. The van der Waals surface area contributed by atoms with Crippen molar-refractivity contribution in [1.29, 1.82) is 0 Å². The van der Waals surface area contributed by atoms with E-state index in [9.17, 15) is 4.79 Å². The molecule has 1 aromatic heterocycles. The third-order valence-electron chi connectivity index (χ3n) is 4.68. The number of hydrogen-bond donors (Lipinski definition) is 1. The van der Waals surface area contributed by atoms with Gasteiger partial charge in [0.1, 0.15) is 5.82 Å². The fourth-order valence-corrected chi connectivity index (χ4v) is 3.37. The first-order chi connectivity index (χ1) is 13.1. The van der Waals surface area contributed by atoms with Crippen LogP contribution < -0.4 is 5.73 Å². The zero-order valence-electron chi connectivity index (χ0n) is 15.0. The molecule has 0 aliphatic carbocycles. The molecule has 0 radical (unpaired) electrons. The lowest BCUT2D eigenvalue weighted by Gasteiger charge is -2.14. The number of nitrogens with zero attached hydrogens (tertiary/aromatic N) is 2. The third kappa shape index (κ3) is 3.42. The molecule has 4 heteroatoms. The van der Waals surface area contributed by atoms with Gasteiger partial charge >= 0.3 is 0 Å². The van der Waals surface area contributed by atoms with Crippen LogP contribution >= 0.6 is 0 Å². The van der Waals surface area contributed by atoms with Gasteiger partial charge in [0.15, 0.2) is 0 Å². The van der Waals surface area contributed by atoms with Gasteiger partial charge in [-0.05, 0) is 53.8 Å². The summed E-state index contributed by atoms with van der Waals surface area (Å²) in [5, 5.41) is 0.966. The molecule has 4 aromatic rings. The maximum Gasteiger partial charge on any atom is 0.249 e. The number of nitrogens with two attached hydrogens (primary N) is 1. The molecular formula is C23H19N3O. The highest BCUT2D eigenvalue weighted by atomic mass is 16.1. The molecule has 0 spiro atoms. The fraction of sp³-hybridized carbons (Fsp3) is 0.0870. The van der Waals surface area contributed by atoms with Crippen LogP contribution in [0, 0.1) is 6.92 Å². The van der Waals surface area contributed by atoms with Crippen molar-refractivity contribution in [2.24, 2.45) is 5.73 Å². The number of rotatable bonds is 4. The maximum atomic E-state index is 12.0. The number of fused-ring (bicyclic) bond motifs is 1. The summed E-state index contributed by atoms with van der Waals surface area (Å²) in [5.41, 5.74) is 11.2. The summed E-state index contributed by atoms with van der Waals surface area (Å²) < 4.78 is 0. The lowest BCUT2D eigenvalue weighted by molar-refractivity contribution is 0.0999. The van der Waals surface area contributed by atoms with Crippen LogP contribution in [-0.2, 0) is 6.42 Å². The molecule has 27 heavy (non-hydrogen) atoms. The van der Waals surface area contributed by atoms with E-state index in [0.717, 1.165) is 39.0 Å². The Morgan fingerprint density at radius 3 is 2.59 bits per heavy atom. The van der Waals surface area contributed by atoms with Crippen molar-refractivity contribution in [2.45, 2.75) is 13.3 Å². The van der Waals surface area contributed by atoms with Crippen LogP contribution in [0.1, 0.15) is 27.3 Å². The van der Waals surface area contributed by atoms with E-state index in [1.54, 1.807) is 6.07 Å². The minimum absolute atomic E-state index is 0.414. The number of carbonyl (C=O) groups excluding carboxylic acids is 1. The molecule has 0 saturated carbocycles. The van der Waals surface area contributed by atoms with Crippen LogP contribution in [0.5, 0.6) is 0 Å². The molecule has 132 valence electrons. The second kappa shape index (κ2) is 7.00. The van der Waals surface area contributed by atoms with Gasteiger partial charge in [0, 0.05) is 17.1 Å². The van der Waals surface area contributed by atoms with Crippen LogP contribution in [0.15, 0.2) is 72.9 Å². The van der Waals surface area contributed by atoms with Crippen molar-refractivity contribution in [1.82, 2.24) is 9.97 Å². The molecule has 0 fully saturated rings. The van der Waals surface area contributed by atoms with Crippen molar-refractivity contribution in [3.05, 3.63) is 95.4 Å². The SMILES string of the molecule is Cc1ncc2cc(-c3cccc(C(N)=O)c3Cc3ccccc3)ccc2n1. The first-order valence-electron chi connectivity index (χ1n) is 8.81. The Morgan fingerprint density at radius 2 is 1.81 bits per heavy atom. The smallest absolute Gasteiger partial charge is 0.249 e. The van der Waals surface area contributed by atoms with Gasteiger partial charge in [-0.25, -0.2) is 9.97 Å². The average molecular weight is 353 g/mol. The van der Waals surface area contributed by atoms with E-state index in [-0.39, 0.29) is 0 Å².